The summed E-state index contributed by atoms with van der Waals surface area (Å²) in [5.41, 5.74) is 2.97. The van der Waals surface area contributed by atoms with Gasteiger partial charge in [0.1, 0.15) is 0 Å². The second-order valence-corrected chi connectivity index (χ2v) is 6.04. The molecule has 0 N–H and O–H groups in total. The Bertz CT molecular complexity index is 364. The average Bonchev–Trinajstić information content (AvgIpc) is 2.38. The first-order valence-corrected chi connectivity index (χ1v) is 7.47. The van der Waals surface area contributed by atoms with Gasteiger partial charge in [0.2, 0.25) is 0 Å². The van der Waals surface area contributed by atoms with Gasteiger partial charge in [-0.1, -0.05) is 44.5 Å². The molecular formula is C17H27N. The van der Waals surface area contributed by atoms with Crippen LogP contribution in [-0.4, -0.2) is 24.0 Å². The van der Waals surface area contributed by atoms with Crippen LogP contribution in [0.5, 0.6) is 0 Å². The monoisotopic (exact) mass is 245 g/mol. The van der Waals surface area contributed by atoms with Crippen molar-refractivity contribution < 1.29 is 0 Å². The lowest BCUT2D eigenvalue weighted by Gasteiger charge is -2.37. The molecule has 1 fully saturated rings. The molecule has 1 nitrogen and oxygen atoms in total. The topological polar surface area (TPSA) is 3.24 Å². The van der Waals surface area contributed by atoms with E-state index in [2.05, 4.69) is 49.9 Å². The summed E-state index contributed by atoms with van der Waals surface area (Å²) in [6.07, 6.45) is 5.41. The highest BCUT2D eigenvalue weighted by atomic mass is 15.2. The van der Waals surface area contributed by atoms with Crippen molar-refractivity contribution in [3.05, 3.63) is 35.4 Å². The van der Waals surface area contributed by atoms with Crippen molar-refractivity contribution in [3.63, 3.8) is 0 Å². The van der Waals surface area contributed by atoms with Gasteiger partial charge in [0.05, 0.1) is 0 Å². The van der Waals surface area contributed by atoms with E-state index in [-0.39, 0.29) is 0 Å². The van der Waals surface area contributed by atoms with E-state index < -0.39 is 0 Å². The molecule has 0 bridgehead atoms. The molecule has 0 spiro atoms. The lowest BCUT2D eigenvalue weighted by molar-refractivity contribution is 0.127. The number of rotatable bonds is 4. The summed E-state index contributed by atoms with van der Waals surface area (Å²) in [5, 5.41) is 0. The summed E-state index contributed by atoms with van der Waals surface area (Å²) in [4.78, 5) is 2.72. The van der Waals surface area contributed by atoms with Crippen molar-refractivity contribution in [2.45, 2.75) is 52.5 Å². The quantitative estimate of drug-likeness (QED) is 0.773. The van der Waals surface area contributed by atoms with Gasteiger partial charge in [-0.2, -0.15) is 0 Å². The minimum absolute atomic E-state index is 0.714. The normalized spacial score (nSPS) is 19.1. The molecule has 1 saturated heterocycles. The summed E-state index contributed by atoms with van der Waals surface area (Å²) < 4.78 is 0. The molecule has 0 amide bonds. The Morgan fingerprint density at radius 2 is 1.72 bits per heavy atom. The van der Waals surface area contributed by atoms with Gasteiger partial charge in [-0.3, -0.25) is 4.90 Å². The number of piperidine rings is 1. The van der Waals surface area contributed by atoms with E-state index in [0.29, 0.717) is 6.04 Å². The molecule has 1 atom stereocenters. The van der Waals surface area contributed by atoms with Crippen molar-refractivity contribution in [1.82, 2.24) is 4.90 Å². The molecule has 1 aliphatic heterocycles. The first-order chi connectivity index (χ1) is 8.68. The predicted molar refractivity (Wildman–Crippen MR) is 78.9 cm³/mol. The van der Waals surface area contributed by atoms with Gasteiger partial charge < -0.3 is 0 Å². The summed E-state index contributed by atoms with van der Waals surface area (Å²) in [6, 6.07) is 9.57. The van der Waals surface area contributed by atoms with Gasteiger partial charge in [0.15, 0.2) is 0 Å². The maximum atomic E-state index is 2.72. The molecule has 1 aromatic carbocycles. The molecule has 1 heterocycles. The van der Waals surface area contributed by atoms with Crippen molar-refractivity contribution >= 4 is 0 Å². The van der Waals surface area contributed by atoms with E-state index in [0.717, 1.165) is 5.92 Å². The standard InChI is InChI=1S/C17H27N/c1-14(2)17(18-11-7-4-8-12-18)13-16-10-6-5-9-15(16)3/h5-6,9-10,14,17H,4,7-8,11-13H2,1-3H3. The van der Waals surface area contributed by atoms with Crippen molar-refractivity contribution in [2.75, 3.05) is 13.1 Å². The van der Waals surface area contributed by atoms with E-state index in [4.69, 9.17) is 0 Å². The molecule has 1 heteroatoms. The van der Waals surface area contributed by atoms with Crippen LogP contribution in [0.15, 0.2) is 24.3 Å². The molecule has 100 valence electrons. The Labute approximate surface area is 112 Å². The third kappa shape index (κ3) is 3.35. The van der Waals surface area contributed by atoms with Crippen LogP contribution >= 0.6 is 0 Å². The maximum Gasteiger partial charge on any atom is 0.0159 e. The van der Waals surface area contributed by atoms with Crippen LogP contribution in [0.4, 0.5) is 0 Å². The van der Waals surface area contributed by atoms with Crippen molar-refractivity contribution in [2.24, 2.45) is 5.92 Å². The first-order valence-electron chi connectivity index (χ1n) is 7.47. The predicted octanol–water partition coefficient (Wildman–Crippen LogP) is 4.05. The van der Waals surface area contributed by atoms with E-state index in [9.17, 15) is 0 Å². The second kappa shape index (κ2) is 6.38. The third-order valence-electron chi connectivity index (χ3n) is 4.32. The van der Waals surface area contributed by atoms with Crippen LogP contribution in [-0.2, 0) is 6.42 Å². The van der Waals surface area contributed by atoms with Crippen LogP contribution in [0.25, 0.3) is 0 Å². The van der Waals surface area contributed by atoms with Crippen LogP contribution < -0.4 is 0 Å². The van der Waals surface area contributed by atoms with Crippen LogP contribution in [0.2, 0.25) is 0 Å². The van der Waals surface area contributed by atoms with Gasteiger partial charge >= 0.3 is 0 Å². The lowest BCUT2D eigenvalue weighted by atomic mass is 9.91. The second-order valence-electron chi connectivity index (χ2n) is 6.04. The van der Waals surface area contributed by atoms with Crippen LogP contribution in [0.1, 0.15) is 44.2 Å². The Morgan fingerprint density at radius 1 is 1.06 bits per heavy atom. The van der Waals surface area contributed by atoms with Gasteiger partial charge in [0.25, 0.3) is 0 Å². The molecule has 1 aliphatic rings. The zero-order chi connectivity index (χ0) is 13.0. The van der Waals surface area contributed by atoms with E-state index in [1.807, 2.05) is 0 Å². The molecule has 2 rings (SSSR count). The highest BCUT2D eigenvalue weighted by molar-refractivity contribution is 5.26. The zero-order valence-corrected chi connectivity index (χ0v) is 12.2. The number of aryl methyl sites for hydroxylation is 1. The molecule has 0 radical (unpaired) electrons. The van der Waals surface area contributed by atoms with Gasteiger partial charge in [-0.05, 0) is 56.3 Å². The maximum absolute atomic E-state index is 2.72. The number of likely N-dealkylation sites (tertiary alicyclic amines) is 1. The fraction of sp³-hybridized carbons (Fsp3) is 0.647. The Kier molecular flexibility index (Phi) is 4.82. The smallest absolute Gasteiger partial charge is 0.0159 e. The third-order valence-corrected chi connectivity index (χ3v) is 4.32. The average molecular weight is 245 g/mol. The lowest BCUT2D eigenvalue weighted by Crippen LogP contribution is -2.43. The Balaban J connectivity index is 2.08. The van der Waals surface area contributed by atoms with Crippen LogP contribution in [0, 0.1) is 12.8 Å². The van der Waals surface area contributed by atoms with Crippen LogP contribution in [0.3, 0.4) is 0 Å². The summed E-state index contributed by atoms with van der Waals surface area (Å²) in [5.74, 6) is 0.739. The van der Waals surface area contributed by atoms with E-state index >= 15 is 0 Å². The molecule has 1 aromatic rings. The summed E-state index contributed by atoms with van der Waals surface area (Å²) in [6.45, 7) is 9.58. The fourth-order valence-electron chi connectivity index (χ4n) is 3.10. The summed E-state index contributed by atoms with van der Waals surface area (Å²) >= 11 is 0. The molecule has 18 heavy (non-hydrogen) atoms. The molecular weight excluding hydrogens is 218 g/mol. The minimum Gasteiger partial charge on any atom is -0.300 e. The van der Waals surface area contributed by atoms with Gasteiger partial charge in [-0.25, -0.2) is 0 Å². The number of benzene rings is 1. The zero-order valence-electron chi connectivity index (χ0n) is 12.2. The van der Waals surface area contributed by atoms with E-state index in [1.54, 1.807) is 0 Å². The van der Waals surface area contributed by atoms with Gasteiger partial charge in [0, 0.05) is 6.04 Å². The minimum atomic E-state index is 0.714. The van der Waals surface area contributed by atoms with Crippen molar-refractivity contribution in [1.29, 1.82) is 0 Å². The Morgan fingerprint density at radius 3 is 2.33 bits per heavy atom. The van der Waals surface area contributed by atoms with Crippen molar-refractivity contribution in [3.8, 4) is 0 Å². The number of nitrogens with zero attached hydrogens (tertiary/aromatic N) is 1. The highest BCUT2D eigenvalue weighted by Crippen LogP contribution is 2.22. The van der Waals surface area contributed by atoms with E-state index in [1.165, 1.54) is 49.9 Å². The first kappa shape index (κ1) is 13.6. The fourth-order valence-corrected chi connectivity index (χ4v) is 3.10. The summed E-state index contributed by atoms with van der Waals surface area (Å²) in [7, 11) is 0. The highest BCUT2D eigenvalue weighted by Gasteiger charge is 2.23. The number of hydrogen-bond donors (Lipinski definition) is 0. The number of hydrogen-bond acceptors (Lipinski definition) is 1. The molecule has 0 saturated carbocycles. The molecule has 0 aromatic heterocycles. The van der Waals surface area contributed by atoms with Gasteiger partial charge in [-0.15, -0.1) is 0 Å². The SMILES string of the molecule is Cc1ccccc1CC(C(C)C)N1CCCCC1. The molecule has 0 aliphatic carbocycles. The largest absolute Gasteiger partial charge is 0.300 e. The Hall–Kier alpha value is -0.820. The molecule has 1 unspecified atom stereocenters.